The smallest absolute Gasteiger partial charge is 0.289 e. The van der Waals surface area contributed by atoms with E-state index in [1.807, 2.05) is 44.3 Å². The van der Waals surface area contributed by atoms with Crippen LogP contribution in [0.25, 0.3) is 11.0 Å². The monoisotopic (exact) mass is 348 g/mol. The lowest BCUT2D eigenvalue weighted by molar-refractivity contribution is 0.0755. The molecule has 4 nitrogen and oxygen atoms in total. The van der Waals surface area contributed by atoms with E-state index >= 15 is 0 Å². The zero-order valence-electron chi connectivity index (χ0n) is 15.4. The van der Waals surface area contributed by atoms with Crippen molar-refractivity contribution < 1.29 is 9.21 Å². The van der Waals surface area contributed by atoms with E-state index in [4.69, 9.17) is 4.42 Å². The molecule has 134 valence electrons. The lowest BCUT2D eigenvalue weighted by Crippen LogP contribution is -2.28. The summed E-state index contributed by atoms with van der Waals surface area (Å²) in [6, 6.07) is 16.2. The van der Waals surface area contributed by atoms with Crippen LogP contribution >= 0.6 is 0 Å². The highest BCUT2D eigenvalue weighted by atomic mass is 16.3. The van der Waals surface area contributed by atoms with Crippen molar-refractivity contribution in [3.63, 3.8) is 0 Å². The van der Waals surface area contributed by atoms with Crippen molar-refractivity contribution in [1.82, 2.24) is 4.90 Å². The average Bonchev–Trinajstić information content (AvgIpc) is 3.30. The van der Waals surface area contributed by atoms with Gasteiger partial charge in [0, 0.05) is 43.3 Å². The summed E-state index contributed by atoms with van der Waals surface area (Å²) in [7, 11) is 1.84. The summed E-state index contributed by atoms with van der Waals surface area (Å²) >= 11 is 0. The number of benzene rings is 2. The zero-order valence-corrected chi connectivity index (χ0v) is 15.4. The summed E-state index contributed by atoms with van der Waals surface area (Å²) in [6.07, 6.45) is 2.47. The summed E-state index contributed by atoms with van der Waals surface area (Å²) in [6.45, 7) is 4.71. The molecule has 0 atom stereocenters. The highest BCUT2D eigenvalue weighted by Crippen LogP contribution is 2.28. The first-order chi connectivity index (χ1) is 12.6. The van der Waals surface area contributed by atoms with Gasteiger partial charge in [-0.15, -0.1) is 0 Å². The van der Waals surface area contributed by atoms with E-state index in [1.54, 1.807) is 4.90 Å². The number of aryl methyl sites for hydroxylation is 1. The van der Waals surface area contributed by atoms with E-state index in [-0.39, 0.29) is 5.91 Å². The maximum atomic E-state index is 13.0. The van der Waals surface area contributed by atoms with Gasteiger partial charge in [-0.05, 0) is 37.5 Å². The van der Waals surface area contributed by atoms with Gasteiger partial charge in [0.15, 0.2) is 5.76 Å². The predicted octanol–water partition coefficient (Wildman–Crippen LogP) is 4.61. The largest absolute Gasteiger partial charge is 0.451 e. The lowest BCUT2D eigenvalue weighted by Gasteiger charge is -2.24. The third-order valence-electron chi connectivity index (χ3n) is 5.23. The van der Waals surface area contributed by atoms with Crippen LogP contribution in [-0.2, 0) is 6.54 Å². The fourth-order valence-electron chi connectivity index (χ4n) is 3.79. The molecule has 0 radical (unpaired) electrons. The number of hydrogen-bond acceptors (Lipinski definition) is 3. The van der Waals surface area contributed by atoms with Crippen LogP contribution in [0.4, 0.5) is 5.69 Å². The molecule has 0 unspecified atom stereocenters. The topological polar surface area (TPSA) is 36.7 Å². The van der Waals surface area contributed by atoms with Crippen LogP contribution in [0.15, 0.2) is 52.9 Å². The van der Waals surface area contributed by atoms with Crippen molar-refractivity contribution >= 4 is 22.6 Å². The third-order valence-corrected chi connectivity index (χ3v) is 5.23. The molecule has 1 amide bonds. The van der Waals surface area contributed by atoms with Gasteiger partial charge in [0.1, 0.15) is 5.58 Å². The fraction of sp³-hybridized carbons (Fsp3) is 0.318. The molecule has 4 rings (SSSR count). The molecule has 1 fully saturated rings. The van der Waals surface area contributed by atoms with E-state index in [0.29, 0.717) is 12.3 Å². The lowest BCUT2D eigenvalue weighted by atomic mass is 10.1. The number of anilines is 1. The molecule has 1 saturated heterocycles. The van der Waals surface area contributed by atoms with Crippen LogP contribution in [-0.4, -0.2) is 30.9 Å². The SMILES string of the molecule is Cc1c(C(=O)N(C)Cc2ccccc2N2CCCC2)oc2ccccc12. The van der Waals surface area contributed by atoms with Crippen LogP contribution in [0.3, 0.4) is 0 Å². The van der Waals surface area contributed by atoms with Crippen molar-refractivity contribution in [1.29, 1.82) is 0 Å². The minimum absolute atomic E-state index is 0.0741. The molecular weight excluding hydrogens is 324 g/mol. The first-order valence-corrected chi connectivity index (χ1v) is 9.21. The van der Waals surface area contributed by atoms with Crippen LogP contribution in [0.5, 0.6) is 0 Å². The minimum atomic E-state index is -0.0741. The standard InChI is InChI=1S/C22H24N2O2/c1-16-18-10-4-6-12-20(18)26-21(16)22(25)23(2)15-17-9-3-5-11-19(17)24-13-7-8-14-24/h3-6,9-12H,7-8,13-15H2,1-2H3. The zero-order chi connectivity index (χ0) is 18.1. The number of fused-ring (bicyclic) bond motifs is 1. The molecule has 0 spiro atoms. The van der Waals surface area contributed by atoms with E-state index in [9.17, 15) is 4.79 Å². The third kappa shape index (κ3) is 2.96. The second kappa shape index (κ2) is 6.87. The maximum Gasteiger partial charge on any atom is 0.289 e. The Labute approximate surface area is 154 Å². The molecule has 0 aliphatic carbocycles. The maximum absolute atomic E-state index is 13.0. The molecule has 1 aromatic heterocycles. The molecular formula is C22H24N2O2. The highest BCUT2D eigenvalue weighted by molar-refractivity contribution is 5.98. The van der Waals surface area contributed by atoms with E-state index in [1.165, 1.54) is 24.1 Å². The molecule has 2 heterocycles. The summed E-state index contributed by atoms with van der Waals surface area (Å²) in [5.41, 5.74) is 4.09. The summed E-state index contributed by atoms with van der Waals surface area (Å²) in [5, 5.41) is 1.00. The van der Waals surface area contributed by atoms with E-state index in [0.717, 1.165) is 29.6 Å². The van der Waals surface area contributed by atoms with E-state index < -0.39 is 0 Å². The normalized spacial score (nSPS) is 14.2. The van der Waals surface area contributed by atoms with Crippen LogP contribution in [0.1, 0.15) is 34.5 Å². The summed E-state index contributed by atoms with van der Waals surface area (Å²) < 4.78 is 5.85. The molecule has 3 aromatic rings. The average molecular weight is 348 g/mol. The second-order valence-corrected chi connectivity index (χ2v) is 7.04. The van der Waals surface area contributed by atoms with Gasteiger partial charge < -0.3 is 14.2 Å². The summed E-state index contributed by atoms with van der Waals surface area (Å²) in [5.74, 6) is 0.363. The molecule has 1 aliphatic heterocycles. The number of amides is 1. The van der Waals surface area contributed by atoms with Crippen molar-refractivity contribution in [2.45, 2.75) is 26.3 Å². The van der Waals surface area contributed by atoms with Gasteiger partial charge in [-0.3, -0.25) is 4.79 Å². The Morgan fingerprint density at radius 2 is 1.77 bits per heavy atom. The number of hydrogen-bond donors (Lipinski definition) is 0. The molecule has 1 aliphatic rings. The number of rotatable bonds is 4. The Bertz CT molecular complexity index is 938. The highest BCUT2D eigenvalue weighted by Gasteiger charge is 2.22. The second-order valence-electron chi connectivity index (χ2n) is 7.04. The van der Waals surface area contributed by atoms with Crippen molar-refractivity contribution in [3.8, 4) is 0 Å². The summed E-state index contributed by atoms with van der Waals surface area (Å²) in [4.78, 5) is 17.2. The number of para-hydroxylation sites is 2. The molecule has 0 saturated carbocycles. The quantitative estimate of drug-likeness (QED) is 0.691. The number of nitrogens with zero attached hydrogens (tertiary/aromatic N) is 2. The van der Waals surface area contributed by atoms with Crippen LogP contribution < -0.4 is 4.90 Å². The van der Waals surface area contributed by atoms with Gasteiger partial charge in [-0.2, -0.15) is 0 Å². The first kappa shape index (κ1) is 16.7. The Hall–Kier alpha value is -2.75. The number of carbonyl (C=O) groups is 1. The Kier molecular flexibility index (Phi) is 4.41. The van der Waals surface area contributed by atoms with Crippen LogP contribution in [0, 0.1) is 6.92 Å². The molecule has 4 heteroatoms. The first-order valence-electron chi connectivity index (χ1n) is 9.21. The molecule has 0 N–H and O–H groups in total. The van der Waals surface area contributed by atoms with Gasteiger partial charge in [-0.25, -0.2) is 0 Å². The molecule has 0 bridgehead atoms. The predicted molar refractivity (Wildman–Crippen MR) is 105 cm³/mol. The van der Waals surface area contributed by atoms with Crippen LogP contribution in [0.2, 0.25) is 0 Å². The van der Waals surface area contributed by atoms with Crippen molar-refractivity contribution in [2.75, 3.05) is 25.0 Å². The minimum Gasteiger partial charge on any atom is -0.451 e. The number of furan rings is 1. The van der Waals surface area contributed by atoms with Gasteiger partial charge in [0.05, 0.1) is 0 Å². The van der Waals surface area contributed by atoms with Gasteiger partial charge in [0.25, 0.3) is 5.91 Å². The fourth-order valence-corrected chi connectivity index (χ4v) is 3.79. The Morgan fingerprint density at radius 1 is 1.08 bits per heavy atom. The van der Waals surface area contributed by atoms with Gasteiger partial charge >= 0.3 is 0 Å². The van der Waals surface area contributed by atoms with E-state index in [2.05, 4.69) is 23.1 Å². The Morgan fingerprint density at radius 3 is 2.54 bits per heavy atom. The number of carbonyl (C=O) groups excluding carboxylic acids is 1. The Balaban J connectivity index is 1.59. The van der Waals surface area contributed by atoms with Gasteiger partial charge in [-0.1, -0.05) is 36.4 Å². The van der Waals surface area contributed by atoms with Gasteiger partial charge in [0.2, 0.25) is 0 Å². The molecule has 26 heavy (non-hydrogen) atoms. The van der Waals surface area contributed by atoms with Crippen molar-refractivity contribution in [3.05, 3.63) is 65.4 Å². The molecule has 2 aromatic carbocycles. The van der Waals surface area contributed by atoms with Crippen molar-refractivity contribution in [2.24, 2.45) is 0 Å².